The average Bonchev–Trinajstić information content (AvgIpc) is 2.35. The molecule has 0 aliphatic heterocycles. The van der Waals surface area contributed by atoms with Crippen LogP contribution < -0.4 is 0 Å². The Morgan fingerprint density at radius 2 is 1.69 bits per heavy atom. The number of esters is 1. The number of hydrogen-bond acceptors (Lipinski definition) is 3. The Hall–Kier alpha value is -0.830. The second kappa shape index (κ2) is 12.2. The van der Waals surface area contributed by atoms with Crippen molar-refractivity contribution < 1.29 is 14.6 Å². The second-order valence-corrected chi connectivity index (χ2v) is 3.26. The number of hydrogen-bond donors (Lipinski definition) is 1. The van der Waals surface area contributed by atoms with Crippen molar-refractivity contribution in [2.75, 3.05) is 6.61 Å². The molecule has 0 atom stereocenters. The molecule has 0 amide bonds. The molecular formula is C13H26O3. The van der Waals surface area contributed by atoms with Crippen molar-refractivity contribution in [3.63, 3.8) is 0 Å². The third-order valence-corrected chi connectivity index (χ3v) is 2.32. The van der Waals surface area contributed by atoms with E-state index in [1.54, 1.807) is 0 Å². The van der Waals surface area contributed by atoms with Gasteiger partial charge in [0.25, 0.3) is 0 Å². The van der Waals surface area contributed by atoms with E-state index < -0.39 is 0 Å². The first-order valence-electron chi connectivity index (χ1n) is 6.08. The van der Waals surface area contributed by atoms with Crippen LogP contribution in [0.3, 0.4) is 0 Å². The van der Waals surface area contributed by atoms with Crippen molar-refractivity contribution in [1.82, 2.24) is 0 Å². The van der Waals surface area contributed by atoms with E-state index in [4.69, 9.17) is 4.74 Å². The Morgan fingerprint density at radius 1 is 1.25 bits per heavy atom. The smallest absolute Gasteiger partial charge is 0.308 e. The fourth-order valence-electron chi connectivity index (χ4n) is 1.57. The summed E-state index contributed by atoms with van der Waals surface area (Å²) in [6, 6.07) is 0. The van der Waals surface area contributed by atoms with Crippen molar-refractivity contribution in [1.29, 1.82) is 0 Å². The predicted molar refractivity (Wildman–Crippen MR) is 67.2 cm³/mol. The van der Waals surface area contributed by atoms with Crippen LogP contribution in [0.15, 0.2) is 13.2 Å². The van der Waals surface area contributed by atoms with Crippen molar-refractivity contribution >= 4 is 5.97 Å². The number of rotatable bonds is 2. The van der Waals surface area contributed by atoms with Crippen molar-refractivity contribution in [3.8, 4) is 0 Å². The highest BCUT2D eigenvalue weighted by molar-refractivity contribution is 5.72. The van der Waals surface area contributed by atoms with Crippen molar-refractivity contribution in [2.45, 2.75) is 52.6 Å². The van der Waals surface area contributed by atoms with Gasteiger partial charge in [0, 0.05) is 0 Å². The fraction of sp³-hybridized carbons (Fsp3) is 0.769. The van der Waals surface area contributed by atoms with Gasteiger partial charge in [-0.25, -0.2) is 0 Å². The minimum atomic E-state index is -0.198. The van der Waals surface area contributed by atoms with Gasteiger partial charge < -0.3 is 9.84 Å². The van der Waals surface area contributed by atoms with Gasteiger partial charge >= 0.3 is 5.97 Å². The lowest BCUT2D eigenvalue weighted by Gasteiger charge is -2.23. The SMILES string of the molecule is C=C.CC.CCOC(=O)C1CCC(O)CC1. The van der Waals surface area contributed by atoms with E-state index in [0.29, 0.717) is 6.61 Å². The van der Waals surface area contributed by atoms with Crippen LogP contribution in [-0.2, 0) is 9.53 Å². The molecule has 16 heavy (non-hydrogen) atoms. The molecule has 0 aromatic rings. The molecule has 1 aliphatic rings. The zero-order chi connectivity index (χ0) is 13.0. The number of aliphatic hydroxyl groups excluding tert-OH is 1. The number of carbonyl (C=O) groups excluding carboxylic acids is 1. The molecule has 0 spiro atoms. The van der Waals surface area contributed by atoms with Crippen LogP contribution in [0.5, 0.6) is 0 Å². The Labute approximate surface area is 99.5 Å². The summed E-state index contributed by atoms with van der Waals surface area (Å²) < 4.78 is 4.90. The van der Waals surface area contributed by atoms with E-state index in [1.165, 1.54) is 0 Å². The molecule has 1 saturated carbocycles. The van der Waals surface area contributed by atoms with Crippen LogP contribution in [0, 0.1) is 5.92 Å². The number of ether oxygens (including phenoxy) is 1. The molecule has 0 aromatic carbocycles. The van der Waals surface area contributed by atoms with E-state index >= 15 is 0 Å². The van der Waals surface area contributed by atoms with E-state index in [1.807, 2.05) is 20.8 Å². The third-order valence-electron chi connectivity index (χ3n) is 2.32. The van der Waals surface area contributed by atoms with E-state index in [-0.39, 0.29) is 18.0 Å². The first-order valence-corrected chi connectivity index (χ1v) is 6.08. The standard InChI is InChI=1S/C9H16O3.C2H6.C2H4/c1-2-12-9(11)7-3-5-8(10)6-4-7;2*1-2/h7-8,10H,2-6H2,1H3;1-2H3;1-2H2. The lowest BCUT2D eigenvalue weighted by atomic mass is 9.88. The monoisotopic (exact) mass is 230 g/mol. The summed E-state index contributed by atoms with van der Waals surface area (Å²) >= 11 is 0. The number of carbonyl (C=O) groups is 1. The summed E-state index contributed by atoms with van der Waals surface area (Å²) in [5.74, 6) is -0.0576. The maximum absolute atomic E-state index is 11.2. The molecule has 1 rings (SSSR count). The summed E-state index contributed by atoms with van der Waals surface area (Å²) in [6.45, 7) is 12.3. The van der Waals surface area contributed by atoms with Crippen molar-refractivity contribution in [3.05, 3.63) is 13.2 Å². The van der Waals surface area contributed by atoms with E-state index in [0.717, 1.165) is 25.7 Å². The van der Waals surface area contributed by atoms with Gasteiger partial charge in [-0.15, -0.1) is 13.2 Å². The molecule has 0 unspecified atom stereocenters. The maximum atomic E-state index is 11.2. The first-order chi connectivity index (χ1) is 7.74. The van der Waals surface area contributed by atoms with Gasteiger partial charge in [0.15, 0.2) is 0 Å². The molecule has 96 valence electrons. The zero-order valence-electron chi connectivity index (χ0n) is 10.9. The molecule has 0 radical (unpaired) electrons. The van der Waals surface area contributed by atoms with Crippen LogP contribution in [0.25, 0.3) is 0 Å². The summed E-state index contributed by atoms with van der Waals surface area (Å²) in [7, 11) is 0. The van der Waals surface area contributed by atoms with Gasteiger partial charge in [0.2, 0.25) is 0 Å². The summed E-state index contributed by atoms with van der Waals surface area (Å²) in [4.78, 5) is 11.2. The van der Waals surface area contributed by atoms with Crippen LogP contribution >= 0.6 is 0 Å². The second-order valence-electron chi connectivity index (χ2n) is 3.26. The average molecular weight is 230 g/mol. The minimum absolute atomic E-state index is 0.0355. The Bertz CT molecular complexity index is 161. The molecule has 0 heterocycles. The summed E-state index contributed by atoms with van der Waals surface area (Å²) in [5.41, 5.74) is 0. The van der Waals surface area contributed by atoms with Gasteiger partial charge in [0.1, 0.15) is 0 Å². The van der Waals surface area contributed by atoms with E-state index in [9.17, 15) is 9.90 Å². The third kappa shape index (κ3) is 7.46. The zero-order valence-corrected chi connectivity index (χ0v) is 10.9. The number of aliphatic hydroxyl groups is 1. The van der Waals surface area contributed by atoms with Gasteiger partial charge in [-0.2, -0.15) is 0 Å². The molecule has 1 aliphatic carbocycles. The molecule has 0 bridgehead atoms. The first kappa shape index (κ1) is 17.6. The van der Waals surface area contributed by atoms with Crippen LogP contribution in [0.2, 0.25) is 0 Å². The Kier molecular flexibility index (Phi) is 13.4. The molecular weight excluding hydrogens is 204 g/mol. The summed E-state index contributed by atoms with van der Waals surface area (Å²) in [5, 5.41) is 9.19. The summed E-state index contributed by atoms with van der Waals surface area (Å²) in [6.07, 6.45) is 2.84. The molecule has 0 saturated heterocycles. The van der Waals surface area contributed by atoms with Crippen molar-refractivity contribution in [2.24, 2.45) is 5.92 Å². The Morgan fingerprint density at radius 3 is 2.06 bits per heavy atom. The normalized spacial score (nSPS) is 23.0. The minimum Gasteiger partial charge on any atom is -0.466 e. The molecule has 1 fully saturated rings. The van der Waals surface area contributed by atoms with Gasteiger partial charge in [-0.05, 0) is 32.6 Å². The molecule has 3 heteroatoms. The molecule has 1 N–H and O–H groups in total. The topological polar surface area (TPSA) is 46.5 Å². The quantitative estimate of drug-likeness (QED) is 0.586. The maximum Gasteiger partial charge on any atom is 0.308 e. The molecule has 0 aromatic heterocycles. The highest BCUT2D eigenvalue weighted by atomic mass is 16.5. The highest BCUT2D eigenvalue weighted by Gasteiger charge is 2.25. The van der Waals surface area contributed by atoms with E-state index in [2.05, 4.69) is 13.2 Å². The lowest BCUT2D eigenvalue weighted by molar-refractivity contribution is -0.149. The van der Waals surface area contributed by atoms with Gasteiger partial charge in [0.05, 0.1) is 18.6 Å². The van der Waals surface area contributed by atoms with Crippen LogP contribution in [0.1, 0.15) is 46.5 Å². The fourth-order valence-corrected chi connectivity index (χ4v) is 1.57. The van der Waals surface area contributed by atoms with Crippen LogP contribution in [-0.4, -0.2) is 23.8 Å². The predicted octanol–water partition coefficient (Wildman–Crippen LogP) is 2.93. The van der Waals surface area contributed by atoms with Crippen LogP contribution in [0.4, 0.5) is 0 Å². The molecule has 3 nitrogen and oxygen atoms in total. The van der Waals surface area contributed by atoms with Gasteiger partial charge in [-0.3, -0.25) is 4.79 Å². The Balaban J connectivity index is 0. The highest BCUT2D eigenvalue weighted by Crippen LogP contribution is 2.24. The van der Waals surface area contributed by atoms with Gasteiger partial charge in [-0.1, -0.05) is 13.8 Å². The largest absolute Gasteiger partial charge is 0.466 e. The lowest BCUT2D eigenvalue weighted by Crippen LogP contribution is -2.25.